The molecule has 0 saturated heterocycles. The molecule has 28 heavy (non-hydrogen) atoms. The largest absolute Gasteiger partial charge is 0.490 e. The molecule has 0 saturated carbocycles. The Bertz CT molecular complexity index is 937. The average Bonchev–Trinajstić information content (AvgIpc) is 2.69. The predicted octanol–water partition coefficient (Wildman–Crippen LogP) is 6.83. The molecule has 0 aromatic heterocycles. The summed E-state index contributed by atoms with van der Waals surface area (Å²) in [7, 11) is 0. The van der Waals surface area contributed by atoms with Crippen molar-refractivity contribution in [2.75, 3.05) is 11.9 Å². The number of benzene rings is 3. The third kappa shape index (κ3) is 5.40. The van der Waals surface area contributed by atoms with Crippen molar-refractivity contribution in [2.24, 2.45) is 0 Å². The molecule has 0 heterocycles. The van der Waals surface area contributed by atoms with Gasteiger partial charge in [-0.25, -0.2) is 4.39 Å². The van der Waals surface area contributed by atoms with E-state index in [4.69, 9.17) is 21.1 Å². The molecule has 3 aromatic rings. The number of anilines is 1. The van der Waals surface area contributed by atoms with Crippen LogP contribution in [0.2, 0.25) is 5.02 Å². The molecule has 1 N–H and O–H groups in total. The Morgan fingerprint density at radius 2 is 1.71 bits per heavy atom. The van der Waals surface area contributed by atoms with Crippen molar-refractivity contribution in [3.05, 3.63) is 87.1 Å². The van der Waals surface area contributed by atoms with E-state index < -0.39 is 0 Å². The number of hydrogen-bond donors (Lipinski definition) is 1. The van der Waals surface area contributed by atoms with Crippen LogP contribution in [0, 0.1) is 5.82 Å². The summed E-state index contributed by atoms with van der Waals surface area (Å²) in [6.45, 7) is 3.29. The Hall–Kier alpha value is -2.24. The summed E-state index contributed by atoms with van der Waals surface area (Å²) >= 11 is 9.69. The Morgan fingerprint density at radius 3 is 2.43 bits per heavy atom. The number of para-hydroxylation sites is 1. The number of nitrogens with one attached hydrogen (secondary N) is 1. The van der Waals surface area contributed by atoms with E-state index in [0.29, 0.717) is 35.2 Å². The van der Waals surface area contributed by atoms with Crippen LogP contribution >= 0.6 is 27.5 Å². The van der Waals surface area contributed by atoms with E-state index in [-0.39, 0.29) is 12.4 Å². The van der Waals surface area contributed by atoms with E-state index in [1.807, 2.05) is 49.4 Å². The molecule has 0 fully saturated rings. The topological polar surface area (TPSA) is 30.5 Å². The number of ether oxygens (including phenoxy) is 2. The third-order valence-electron chi connectivity index (χ3n) is 4.07. The number of halogens is 3. The normalized spacial score (nSPS) is 10.6. The lowest BCUT2D eigenvalue weighted by Gasteiger charge is -2.16. The first-order valence-corrected chi connectivity index (χ1v) is 10.0. The summed E-state index contributed by atoms with van der Waals surface area (Å²) in [4.78, 5) is 0. The molecule has 0 aliphatic carbocycles. The van der Waals surface area contributed by atoms with Crippen LogP contribution < -0.4 is 14.8 Å². The van der Waals surface area contributed by atoms with Gasteiger partial charge >= 0.3 is 0 Å². The fourth-order valence-corrected chi connectivity index (χ4v) is 3.33. The zero-order valence-corrected chi connectivity index (χ0v) is 17.7. The Kier molecular flexibility index (Phi) is 7.18. The van der Waals surface area contributed by atoms with Crippen LogP contribution in [-0.2, 0) is 13.2 Å². The first-order chi connectivity index (χ1) is 13.6. The van der Waals surface area contributed by atoms with Gasteiger partial charge < -0.3 is 14.8 Å². The van der Waals surface area contributed by atoms with Crippen molar-refractivity contribution in [2.45, 2.75) is 20.1 Å². The molecular formula is C22H20BrClFNO2. The molecule has 3 nitrogen and oxygen atoms in total. The smallest absolute Gasteiger partial charge is 0.162 e. The summed E-state index contributed by atoms with van der Waals surface area (Å²) in [5.74, 6) is 0.869. The van der Waals surface area contributed by atoms with Crippen LogP contribution in [0.15, 0.2) is 65.1 Å². The van der Waals surface area contributed by atoms with Gasteiger partial charge in [-0.05, 0) is 48.9 Å². The first-order valence-electron chi connectivity index (χ1n) is 8.87. The fourth-order valence-electron chi connectivity index (χ4n) is 2.64. The molecule has 0 unspecified atom stereocenters. The van der Waals surface area contributed by atoms with Gasteiger partial charge in [0, 0.05) is 22.3 Å². The van der Waals surface area contributed by atoms with Gasteiger partial charge in [0.25, 0.3) is 0 Å². The maximum Gasteiger partial charge on any atom is 0.162 e. The zero-order valence-electron chi connectivity index (χ0n) is 15.3. The van der Waals surface area contributed by atoms with Gasteiger partial charge in [-0.2, -0.15) is 0 Å². The van der Waals surface area contributed by atoms with Crippen molar-refractivity contribution < 1.29 is 13.9 Å². The minimum atomic E-state index is -0.373. The van der Waals surface area contributed by atoms with Gasteiger partial charge in [0.2, 0.25) is 0 Å². The highest BCUT2D eigenvalue weighted by atomic mass is 79.9. The maximum absolute atomic E-state index is 13.2. The molecule has 146 valence electrons. The Morgan fingerprint density at radius 1 is 0.964 bits per heavy atom. The molecule has 0 atom stereocenters. The van der Waals surface area contributed by atoms with E-state index in [1.54, 1.807) is 6.07 Å². The summed E-state index contributed by atoms with van der Waals surface area (Å²) in [5, 5.41) is 3.72. The lowest BCUT2D eigenvalue weighted by atomic mass is 10.2. The zero-order chi connectivity index (χ0) is 19.9. The summed E-state index contributed by atoms with van der Waals surface area (Å²) < 4.78 is 25.8. The van der Waals surface area contributed by atoms with Gasteiger partial charge in [-0.3, -0.25) is 0 Å². The van der Waals surface area contributed by atoms with E-state index >= 15 is 0 Å². The number of rotatable bonds is 8. The van der Waals surface area contributed by atoms with Crippen LogP contribution in [0.3, 0.4) is 0 Å². The highest BCUT2D eigenvalue weighted by molar-refractivity contribution is 9.10. The molecule has 0 aliphatic heterocycles. The molecule has 0 radical (unpaired) electrons. The van der Waals surface area contributed by atoms with Crippen molar-refractivity contribution in [1.29, 1.82) is 0 Å². The highest BCUT2D eigenvalue weighted by Crippen LogP contribution is 2.35. The standard InChI is InChI=1S/C22H20BrClFNO2/c1-2-27-21-10-16(13-26-18-6-4-3-5-7-18)19(23)12-22(21)28-14-15-8-9-17(25)11-20(15)24/h3-12,26H,2,13-14H2,1H3. The van der Waals surface area contributed by atoms with Gasteiger partial charge in [-0.1, -0.05) is 51.8 Å². The molecule has 3 aromatic carbocycles. The minimum absolute atomic E-state index is 0.216. The second-order valence-electron chi connectivity index (χ2n) is 6.07. The van der Waals surface area contributed by atoms with Crippen LogP contribution in [-0.4, -0.2) is 6.61 Å². The summed E-state index contributed by atoms with van der Waals surface area (Å²) in [6, 6.07) is 18.1. The third-order valence-corrected chi connectivity index (χ3v) is 5.16. The van der Waals surface area contributed by atoms with E-state index in [2.05, 4.69) is 21.2 Å². The molecule has 6 heteroatoms. The van der Waals surface area contributed by atoms with Crippen LogP contribution in [0.5, 0.6) is 11.5 Å². The van der Waals surface area contributed by atoms with E-state index in [9.17, 15) is 4.39 Å². The van der Waals surface area contributed by atoms with Gasteiger partial charge in [0.15, 0.2) is 11.5 Å². The van der Waals surface area contributed by atoms with Crippen LogP contribution in [0.25, 0.3) is 0 Å². The van der Waals surface area contributed by atoms with Gasteiger partial charge in [-0.15, -0.1) is 0 Å². The van der Waals surface area contributed by atoms with Crippen LogP contribution in [0.1, 0.15) is 18.1 Å². The second kappa shape index (κ2) is 9.80. The average molecular weight is 465 g/mol. The quantitative estimate of drug-likeness (QED) is 0.396. The maximum atomic E-state index is 13.2. The Labute approximate surface area is 177 Å². The lowest BCUT2D eigenvalue weighted by Crippen LogP contribution is -2.04. The summed E-state index contributed by atoms with van der Waals surface area (Å²) in [6.07, 6.45) is 0. The predicted molar refractivity (Wildman–Crippen MR) is 115 cm³/mol. The monoisotopic (exact) mass is 463 g/mol. The fraction of sp³-hybridized carbons (Fsp3) is 0.182. The minimum Gasteiger partial charge on any atom is -0.490 e. The molecular weight excluding hydrogens is 445 g/mol. The molecule has 0 spiro atoms. The molecule has 0 aliphatic rings. The van der Waals surface area contributed by atoms with Crippen molar-refractivity contribution in [3.63, 3.8) is 0 Å². The lowest BCUT2D eigenvalue weighted by molar-refractivity contribution is 0.269. The molecule has 3 rings (SSSR count). The first kappa shape index (κ1) is 20.5. The number of hydrogen-bond acceptors (Lipinski definition) is 3. The summed E-state index contributed by atoms with van der Waals surface area (Å²) in [5.41, 5.74) is 2.79. The van der Waals surface area contributed by atoms with E-state index in [0.717, 1.165) is 15.7 Å². The van der Waals surface area contributed by atoms with Crippen molar-refractivity contribution >= 4 is 33.2 Å². The van der Waals surface area contributed by atoms with Crippen molar-refractivity contribution in [1.82, 2.24) is 0 Å². The van der Waals surface area contributed by atoms with Crippen molar-refractivity contribution in [3.8, 4) is 11.5 Å². The van der Waals surface area contributed by atoms with Gasteiger partial charge in [0.1, 0.15) is 12.4 Å². The second-order valence-corrected chi connectivity index (χ2v) is 7.33. The van der Waals surface area contributed by atoms with Crippen LogP contribution in [0.4, 0.5) is 10.1 Å². The highest BCUT2D eigenvalue weighted by Gasteiger charge is 2.12. The van der Waals surface area contributed by atoms with E-state index in [1.165, 1.54) is 12.1 Å². The SMILES string of the molecule is CCOc1cc(CNc2ccccc2)c(Br)cc1OCc1ccc(F)cc1Cl. The Balaban J connectivity index is 1.76. The molecule has 0 amide bonds. The molecule has 0 bridgehead atoms. The van der Waals surface area contributed by atoms with Gasteiger partial charge in [0.05, 0.1) is 11.6 Å².